The Morgan fingerprint density at radius 1 is 0.761 bits per heavy atom. The third-order valence-corrected chi connectivity index (χ3v) is 13.1. The van der Waals surface area contributed by atoms with Crippen LogP contribution in [0.15, 0.2) is 0 Å². The van der Waals surface area contributed by atoms with Gasteiger partial charge in [-0.15, -0.1) is 0 Å². The predicted molar refractivity (Wildman–Crippen MR) is 169 cm³/mol. The highest BCUT2D eigenvalue weighted by Gasteiger charge is 2.66. The van der Waals surface area contributed by atoms with Gasteiger partial charge in [0.25, 0.3) is 0 Å². The summed E-state index contributed by atoms with van der Waals surface area (Å²) in [6.07, 6.45) is 11.2. The maximum atomic E-state index is 12.6. The molecule has 5 aliphatic carbocycles. The zero-order chi connectivity index (χ0) is 33.3. The molecule has 46 heavy (non-hydrogen) atoms. The number of fused-ring (bicyclic) bond motifs is 3. The van der Waals surface area contributed by atoms with Gasteiger partial charge in [-0.1, -0.05) is 20.3 Å². The minimum atomic E-state index is -1.05. The van der Waals surface area contributed by atoms with Crippen LogP contribution in [0.2, 0.25) is 0 Å². The van der Waals surface area contributed by atoms with Crippen LogP contribution in [0.3, 0.4) is 0 Å². The fraction of sp³-hybridized carbons (Fsp3) is 0.919. The van der Waals surface area contributed by atoms with Crippen molar-refractivity contribution in [1.29, 1.82) is 0 Å². The number of hydrogen-bond acceptors (Lipinski definition) is 9. The predicted octanol–water partition coefficient (Wildman–Crippen LogP) is 7.02. The normalized spacial score (nSPS) is 38.9. The van der Waals surface area contributed by atoms with Gasteiger partial charge in [-0.25, -0.2) is 4.79 Å². The summed E-state index contributed by atoms with van der Waals surface area (Å²) in [4.78, 5) is 37.1. The van der Waals surface area contributed by atoms with E-state index in [4.69, 9.17) is 28.4 Å². The molecular weight excluding hydrogens is 588 g/mol. The van der Waals surface area contributed by atoms with E-state index in [0.29, 0.717) is 6.42 Å². The van der Waals surface area contributed by atoms with Crippen LogP contribution < -0.4 is 0 Å². The van der Waals surface area contributed by atoms with Gasteiger partial charge in [-0.05, 0) is 124 Å². The monoisotopic (exact) mass is 646 g/mol. The zero-order valence-corrected chi connectivity index (χ0v) is 29.5. The minimum absolute atomic E-state index is 0.00857. The van der Waals surface area contributed by atoms with E-state index in [1.165, 1.54) is 44.9 Å². The molecule has 0 aromatic rings. The highest BCUT2D eigenvalue weighted by atomic mass is 16.9. The molecule has 3 saturated heterocycles. The average molecular weight is 647 g/mol. The Kier molecular flexibility index (Phi) is 8.92. The molecule has 8 fully saturated rings. The summed E-state index contributed by atoms with van der Waals surface area (Å²) in [5, 5.41) is 0. The van der Waals surface area contributed by atoms with Crippen molar-refractivity contribution in [3.05, 3.63) is 0 Å². The maximum Gasteiger partial charge on any atom is 0.350 e. The van der Waals surface area contributed by atoms with Crippen molar-refractivity contribution in [3.8, 4) is 0 Å². The Morgan fingerprint density at radius 2 is 1.30 bits per heavy atom. The van der Waals surface area contributed by atoms with E-state index < -0.39 is 53.8 Å². The minimum Gasteiger partial charge on any atom is -0.459 e. The van der Waals surface area contributed by atoms with Crippen LogP contribution in [-0.2, 0) is 42.8 Å². The molecule has 0 radical (unpaired) electrons. The number of esters is 3. The molecule has 0 N–H and O–H groups in total. The summed E-state index contributed by atoms with van der Waals surface area (Å²) in [6, 6.07) is 0. The van der Waals surface area contributed by atoms with Crippen LogP contribution in [0.4, 0.5) is 0 Å². The van der Waals surface area contributed by atoms with Crippen LogP contribution in [-0.4, -0.2) is 60.0 Å². The highest BCUT2D eigenvalue weighted by molar-refractivity contribution is 5.84. The van der Waals surface area contributed by atoms with Crippen molar-refractivity contribution in [1.82, 2.24) is 0 Å². The molecule has 9 heteroatoms. The lowest BCUT2D eigenvalue weighted by Crippen LogP contribution is -2.58. The van der Waals surface area contributed by atoms with E-state index in [9.17, 15) is 14.4 Å². The van der Waals surface area contributed by atoms with Crippen LogP contribution in [0.5, 0.6) is 0 Å². The van der Waals surface area contributed by atoms with Gasteiger partial charge in [0.05, 0.1) is 10.8 Å². The Bertz CT molecular complexity index is 1150. The summed E-state index contributed by atoms with van der Waals surface area (Å²) in [5.41, 5.74) is -1.08. The number of rotatable bonds is 7. The van der Waals surface area contributed by atoms with Crippen molar-refractivity contribution in [2.24, 2.45) is 34.0 Å². The van der Waals surface area contributed by atoms with Crippen molar-refractivity contribution in [3.63, 3.8) is 0 Å². The van der Waals surface area contributed by atoms with Crippen LogP contribution >= 0.6 is 0 Å². The van der Waals surface area contributed by atoms with E-state index in [2.05, 4.69) is 20.8 Å². The lowest BCUT2D eigenvalue weighted by atomic mass is 9.46. The first-order valence-electron chi connectivity index (χ1n) is 18.2. The molecule has 4 bridgehead atoms. The van der Waals surface area contributed by atoms with Gasteiger partial charge in [0.1, 0.15) is 11.7 Å². The second kappa shape index (κ2) is 12.0. The fourth-order valence-corrected chi connectivity index (χ4v) is 9.40. The molecule has 8 aliphatic rings. The van der Waals surface area contributed by atoms with Gasteiger partial charge in [0.2, 0.25) is 6.10 Å². The second-order valence-corrected chi connectivity index (χ2v) is 17.4. The van der Waals surface area contributed by atoms with E-state index in [1.807, 2.05) is 20.8 Å². The molecule has 0 amide bonds. The van der Waals surface area contributed by atoms with Crippen LogP contribution in [0, 0.1) is 34.0 Å². The molecule has 0 aromatic heterocycles. The second-order valence-electron chi connectivity index (χ2n) is 17.4. The first-order chi connectivity index (χ1) is 21.5. The first-order valence-corrected chi connectivity index (χ1v) is 18.2. The molecule has 5 atom stereocenters. The highest BCUT2D eigenvalue weighted by Crippen LogP contribution is 2.64. The molecule has 260 valence electrons. The largest absolute Gasteiger partial charge is 0.459 e. The quantitative estimate of drug-likeness (QED) is 0.213. The van der Waals surface area contributed by atoms with Crippen molar-refractivity contribution >= 4 is 17.9 Å². The van der Waals surface area contributed by atoms with Gasteiger partial charge in [0, 0.05) is 18.3 Å². The SMILES string of the molecule is CCC(C)(C)C(=O)OC(C)(C)C12CC3CC(CC(C3)C1)C2.CCC(C)(C)C(=O)OC1C(=O)OC2C3OC4(CCCCC4)OC3OC12. The van der Waals surface area contributed by atoms with Crippen LogP contribution in [0.1, 0.15) is 139 Å². The van der Waals surface area contributed by atoms with E-state index >= 15 is 0 Å². The van der Waals surface area contributed by atoms with Gasteiger partial charge >= 0.3 is 17.9 Å². The van der Waals surface area contributed by atoms with Crippen molar-refractivity contribution in [2.45, 2.75) is 181 Å². The number of hydrogen-bond donors (Lipinski definition) is 0. The van der Waals surface area contributed by atoms with Gasteiger partial charge in [-0.2, -0.15) is 0 Å². The molecule has 5 saturated carbocycles. The number of ether oxygens (including phenoxy) is 6. The molecule has 5 unspecified atom stereocenters. The summed E-state index contributed by atoms with van der Waals surface area (Å²) in [5.74, 6) is 1.08. The molecular formula is C37H58O9. The number of carbonyl (C=O) groups is 3. The molecule has 3 aliphatic heterocycles. The fourth-order valence-electron chi connectivity index (χ4n) is 9.40. The Hall–Kier alpha value is -1.71. The standard InChI is InChI=1S/C19H32O2.C18H26O7/c1-6-17(2,3)16(20)21-18(4,5)19-10-13-7-14(11-19)9-15(8-13)12-19;1-4-17(2,3)16(20)23-12-10-11(21-14(12)19)13-15(22-10)25-18(24-13)8-6-5-7-9-18/h13-15H,6-12H2,1-5H3;10-13,15H,4-9H2,1-3H3. The summed E-state index contributed by atoms with van der Waals surface area (Å²) in [7, 11) is 0. The van der Waals surface area contributed by atoms with E-state index in [-0.39, 0.29) is 22.4 Å². The maximum absolute atomic E-state index is 12.6. The average Bonchev–Trinajstić information content (AvgIpc) is 3.59. The third-order valence-electron chi connectivity index (χ3n) is 13.1. The Labute approximate surface area is 275 Å². The summed E-state index contributed by atoms with van der Waals surface area (Å²) in [6.45, 7) is 15.9. The van der Waals surface area contributed by atoms with Gasteiger partial charge < -0.3 is 28.4 Å². The Morgan fingerprint density at radius 3 is 1.85 bits per heavy atom. The topological polar surface area (TPSA) is 107 Å². The van der Waals surface area contributed by atoms with Crippen molar-refractivity contribution < 1.29 is 42.8 Å². The van der Waals surface area contributed by atoms with E-state index in [0.717, 1.165) is 49.9 Å². The molecule has 3 heterocycles. The summed E-state index contributed by atoms with van der Waals surface area (Å²) < 4.78 is 35.1. The van der Waals surface area contributed by atoms with Crippen LogP contribution in [0.25, 0.3) is 0 Å². The first kappa shape index (κ1) is 34.2. The Balaban J connectivity index is 0.000000164. The zero-order valence-electron chi connectivity index (χ0n) is 29.5. The number of carbonyl (C=O) groups excluding carboxylic acids is 3. The summed E-state index contributed by atoms with van der Waals surface area (Å²) >= 11 is 0. The van der Waals surface area contributed by atoms with E-state index in [1.54, 1.807) is 13.8 Å². The third kappa shape index (κ3) is 6.04. The molecule has 0 aromatic carbocycles. The molecule has 9 nitrogen and oxygen atoms in total. The van der Waals surface area contributed by atoms with Gasteiger partial charge in [-0.3, -0.25) is 9.59 Å². The smallest absolute Gasteiger partial charge is 0.350 e. The lowest BCUT2D eigenvalue weighted by Gasteiger charge is -2.61. The van der Waals surface area contributed by atoms with Crippen molar-refractivity contribution in [2.75, 3.05) is 0 Å². The molecule has 8 rings (SSSR count). The van der Waals surface area contributed by atoms with Gasteiger partial charge in [0.15, 0.2) is 24.3 Å². The lowest BCUT2D eigenvalue weighted by molar-refractivity contribution is -0.246. The molecule has 1 spiro atoms.